The molecular formula is C10H11N3OS. The molecule has 0 aliphatic carbocycles. The molecule has 15 heavy (non-hydrogen) atoms. The van der Waals surface area contributed by atoms with Gasteiger partial charge < -0.3 is 10.2 Å². The van der Waals surface area contributed by atoms with Crippen LogP contribution in [0.15, 0.2) is 35.2 Å². The van der Waals surface area contributed by atoms with Gasteiger partial charge in [-0.3, -0.25) is 4.98 Å². The van der Waals surface area contributed by atoms with Crippen LogP contribution in [0, 0.1) is 0 Å². The Morgan fingerprint density at radius 3 is 2.87 bits per heavy atom. The van der Waals surface area contributed by atoms with Gasteiger partial charge in [0.25, 0.3) is 0 Å². The lowest BCUT2D eigenvalue weighted by molar-refractivity contribution is 0.530. The molecule has 0 unspecified atom stereocenters. The largest absolute Gasteiger partial charge is 0.468 e. The van der Waals surface area contributed by atoms with E-state index in [9.17, 15) is 0 Å². The molecule has 0 aromatic carbocycles. The molecule has 2 N–H and O–H groups in total. The molecule has 0 radical (unpaired) electrons. The Hall–Kier alpha value is -1.49. The first-order valence-electron chi connectivity index (χ1n) is 4.51. The number of nitrogen functional groups attached to an aromatic ring is 1. The van der Waals surface area contributed by atoms with Gasteiger partial charge in [-0.2, -0.15) is 0 Å². The first-order chi connectivity index (χ1) is 7.34. The Bertz CT molecular complexity index is 399. The zero-order valence-corrected chi connectivity index (χ0v) is 8.91. The van der Waals surface area contributed by atoms with Crippen molar-refractivity contribution in [1.82, 2.24) is 9.97 Å². The van der Waals surface area contributed by atoms with Crippen LogP contribution in [0.2, 0.25) is 0 Å². The average molecular weight is 221 g/mol. The molecule has 78 valence electrons. The normalized spacial score (nSPS) is 10.4. The zero-order valence-electron chi connectivity index (χ0n) is 8.09. The van der Waals surface area contributed by atoms with Crippen molar-refractivity contribution < 1.29 is 4.42 Å². The minimum atomic E-state index is 0.454. The van der Waals surface area contributed by atoms with Gasteiger partial charge in [0.2, 0.25) is 0 Å². The topological polar surface area (TPSA) is 64.9 Å². The van der Waals surface area contributed by atoms with Crippen LogP contribution in [0.1, 0.15) is 11.5 Å². The smallest absolute Gasteiger partial charge is 0.141 e. The van der Waals surface area contributed by atoms with Crippen LogP contribution in [0.3, 0.4) is 0 Å². The molecule has 0 spiro atoms. The highest BCUT2D eigenvalue weighted by atomic mass is 32.2. The monoisotopic (exact) mass is 221 g/mol. The maximum absolute atomic E-state index is 5.44. The van der Waals surface area contributed by atoms with Crippen molar-refractivity contribution in [2.45, 2.75) is 11.5 Å². The van der Waals surface area contributed by atoms with Gasteiger partial charge in [-0.05, 0) is 12.1 Å². The molecule has 0 saturated heterocycles. The zero-order chi connectivity index (χ0) is 10.5. The summed E-state index contributed by atoms with van der Waals surface area (Å²) < 4.78 is 5.21. The Morgan fingerprint density at radius 1 is 1.27 bits per heavy atom. The van der Waals surface area contributed by atoms with E-state index in [0.717, 1.165) is 23.0 Å². The third-order valence-electron chi connectivity index (χ3n) is 1.80. The number of hydrogen-bond acceptors (Lipinski definition) is 5. The van der Waals surface area contributed by atoms with Crippen molar-refractivity contribution in [3.63, 3.8) is 0 Å². The summed E-state index contributed by atoms with van der Waals surface area (Å²) in [6.45, 7) is 0. The van der Waals surface area contributed by atoms with Crippen LogP contribution in [0.4, 0.5) is 5.82 Å². The van der Waals surface area contributed by atoms with Crippen LogP contribution in [-0.4, -0.2) is 9.97 Å². The fourth-order valence-electron chi connectivity index (χ4n) is 1.09. The third kappa shape index (κ3) is 2.99. The molecule has 2 rings (SSSR count). The summed E-state index contributed by atoms with van der Waals surface area (Å²) in [5, 5.41) is 0. The lowest BCUT2D eigenvalue weighted by atomic mass is 10.5. The number of hydrogen-bond donors (Lipinski definition) is 1. The van der Waals surface area contributed by atoms with Crippen LogP contribution in [0.5, 0.6) is 0 Å². The summed E-state index contributed by atoms with van der Waals surface area (Å²) in [7, 11) is 0. The molecule has 0 fully saturated rings. The first kappa shape index (κ1) is 10.0. The maximum atomic E-state index is 5.44. The van der Waals surface area contributed by atoms with Crippen molar-refractivity contribution in [1.29, 1.82) is 0 Å². The lowest BCUT2D eigenvalue weighted by Gasteiger charge is -1.99. The predicted molar refractivity (Wildman–Crippen MR) is 60.2 cm³/mol. The van der Waals surface area contributed by atoms with E-state index in [-0.39, 0.29) is 0 Å². The summed E-state index contributed by atoms with van der Waals surface area (Å²) in [6, 6.07) is 3.85. The minimum Gasteiger partial charge on any atom is -0.468 e. The SMILES string of the molecule is Nc1cnc(CSCc2ccco2)cn1. The van der Waals surface area contributed by atoms with Crippen LogP contribution >= 0.6 is 11.8 Å². The predicted octanol–water partition coefficient (Wildman–Crippen LogP) is 2.09. The minimum absolute atomic E-state index is 0.454. The van der Waals surface area contributed by atoms with Gasteiger partial charge in [0.1, 0.15) is 11.6 Å². The summed E-state index contributed by atoms with van der Waals surface area (Å²) in [5.74, 6) is 3.09. The molecule has 4 nitrogen and oxygen atoms in total. The Morgan fingerprint density at radius 2 is 2.20 bits per heavy atom. The molecule has 0 atom stereocenters. The number of rotatable bonds is 4. The average Bonchev–Trinajstić information content (AvgIpc) is 2.74. The van der Waals surface area contributed by atoms with E-state index in [4.69, 9.17) is 10.2 Å². The van der Waals surface area contributed by atoms with Crippen LogP contribution in [0.25, 0.3) is 0 Å². The van der Waals surface area contributed by atoms with Gasteiger partial charge in [0.05, 0.1) is 30.1 Å². The molecule has 0 aliphatic rings. The van der Waals surface area contributed by atoms with Crippen molar-refractivity contribution in [3.05, 3.63) is 42.2 Å². The summed E-state index contributed by atoms with van der Waals surface area (Å²) >= 11 is 1.73. The third-order valence-corrected chi connectivity index (χ3v) is 2.79. The highest BCUT2D eigenvalue weighted by Crippen LogP contribution is 2.16. The fraction of sp³-hybridized carbons (Fsp3) is 0.200. The number of furan rings is 1. The number of nitrogens with two attached hydrogens (primary N) is 1. The highest BCUT2D eigenvalue weighted by molar-refractivity contribution is 7.97. The summed E-state index contributed by atoms with van der Waals surface area (Å²) in [5.41, 5.74) is 6.37. The van der Waals surface area contributed by atoms with Gasteiger partial charge in [0, 0.05) is 5.75 Å². The molecule has 0 saturated carbocycles. The van der Waals surface area contributed by atoms with Gasteiger partial charge in [-0.25, -0.2) is 4.98 Å². The number of thioether (sulfide) groups is 1. The van der Waals surface area contributed by atoms with Crippen LogP contribution < -0.4 is 5.73 Å². The van der Waals surface area contributed by atoms with Crippen molar-refractivity contribution in [2.24, 2.45) is 0 Å². The van der Waals surface area contributed by atoms with E-state index < -0.39 is 0 Å². The van der Waals surface area contributed by atoms with Gasteiger partial charge in [-0.15, -0.1) is 11.8 Å². The van der Waals surface area contributed by atoms with Crippen molar-refractivity contribution >= 4 is 17.6 Å². The second-order valence-electron chi connectivity index (χ2n) is 3.00. The molecule has 0 aliphatic heterocycles. The molecule has 0 amide bonds. The van der Waals surface area contributed by atoms with Gasteiger partial charge >= 0.3 is 0 Å². The molecular weight excluding hydrogens is 210 g/mol. The standard InChI is InChI=1S/C10H11N3OS/c11-10-5-12-8(4-13-10)6-15-7-9-2-1-3-14-9/h1-5H,6-7H2,(H2,11,13). The summed E-state index contributed by atoms with van der Waals surface area (Å²) in [6.07, 6.45) is 4.95. The number of nitrogens with zero attached hydrogens (tertiary/aromatic N) is 2. The second kappa shape index (κ2) is 4.84. The first-order valence-corrected chi connectivity index (χ1v) is 5.66. The highest BCUT2D eigenvalue weighted by Gasteiger charge is 1.98. The Labute approximate surface area is 91.9 Å². The maximum Gasteiger partial charge on any atom is 0.141 e. The van der Waals surface area contributed by atoms with E-state index in [1.807, 2.05) is 12.1 Å². The van der Waals surface area contributed by atoms with Crippen molar-refractivity contribution in [2.75, 3.05) is 5.73 Å². The summed E-state index contributed by atoms with van der Waals surface area (Å²) in [4.78, 5) is 8.13. The van der Waals surface area contributed by atoms with E-state index in [1.165, 1.54) is 0 Å². The molecule has 2 heterocycles. The molecule has 5 heteroatoms. The quantitative estimate of drug-likeness (QED) is 0.856. The van der Waals surface area contributed by atoms with Gasteiger partial charge in [-0.1, -0.05) is 0 Å². The Balaban J connectivity index is 1.81. The van der Waals surface area contributed by atoms with Crippen LogP contribution in [-0.2, 0) is 11.5 Å². The second-order valence-corrected chi connectivity index (χ2v) is 3.99. The van der Waals surface area contributed by atoms with E-state index >= 15 is 0 Å². The van der Waals surface area contributed by atoms with E-state index in [1.54, 1.807) is 30.4 Å². The Kier molecular flexibility index (Phi) is 3.24. The van der Waals surface area contributed by atoms with E-state index in [0.29, 0.717) is 5.82 Å². The lowest BCUT2D eigenvalue weighted by Crippen LogP contribution is -1.94. The van der Waals surface area contributed by atoms with E-state index in [2.05, 4.69) is 9.97 Å². The van der Waals surface area contributed by atoms with Gasteiger partial charge in [0.15, 0.2) is 0 Å². The molecule has 2 aromatic rings. The van der Waals surface area contributed by atoms with Crippen molar-refractivity contribution in [3.8, 4) is 0 Å². The number of aromatic nitrogens is 2. The molecule has 2 aromatic heterocycles. The fourth-order valence-corrected chi connectivity index (χ4v) is 1.92. The molecule has 0 bridgehead atoms. The number of anilines is 1.